The van der Waals surface area contributed by atoms with Crippen LogP contribution >= 0.6 is 0 Å². The van der Waals surface area contributed by atoms with Crippen molar-refractivity contribution in [1.82, 2.24) is 39.2 Å². The van der Waals surface area contributed by atoms with Crippen LogP contribution in [0.4, 0.5) is 13.2 Å². The Bertz CT molecular complexity index is 1380. The molecular formula is C21H19F3N8O. The van der Waals surface area contributed by atoms with E-state index in [-0.39, 0.29) is 23.2 Å². The first kappa shape index (κ1) is 19.9. The number of carbonyl (C=O) groups is 1. The van der Waals surface area contributed by atoms with E-state index in [0.29, 0.717) is 30.2 Å². The normalized spacial score (nSPS) is 18.7. The minimum atomic E-state index is -4.57. The number of alkyl halides is 3. The van der Waals surface area contributed by atoms with E-state index in [0.717, 1.165) is 29.1 Å². The van der Waals surface area contributed by atoms with E-state index < -0.39 is 17.9 Å². The molecule has 0 aromatic carbocycles. The van der Waals surface area contributed by atoms with Gasteiger partial charge in [0, 0.05) is 31.6 Å². The van der Waals surface area contributed by atoms with Gasteiger partial charge in [-0.25, -0.2) is 19.2 Å². The Morgan fingerprint density at radius 2 is 2.03 bits per heavy atom. The zero-order valence-electron chi connectivity index (χ0n) is 17.5. The Labute approximate surface area is 185 Å². The average Bonchev–Trinajstić information content (AvgIpc) is 3.18. The van der Waals surface area contributed by atoms with Crippen LogP contribution in [0.1, 0.15) is 64.0 Å². The number of fused-ring (bicyclic) bond motifs is 2. The molecule has 2 aliphatic rings. The number of nitrogens with one attached hydrogen (secondary N) is 1. The molecule has 6 rings (SSSR count). The lowest BCUT2D eigenvalue weighted by molar-refractivity contribution is -0.142. The molecule has 33 heavy (non-hydrogen) atoms. The minimum absolute atomic E-state index is 0.195. The predicted octanol–water partition coefficient (Wildman–Crippen LogP) is 2.87. The topological polar surface area (TPSA) is 97.0 Å². The fourth-order valence-electron chi connectivity index (χ4n) is 4.41. The molecule has 12 heteroatoms. The zero-order valence-corrected chi connectivity index (χ0v) is 17.5. The quantitative estimate of drug-likeness (QED) is 0.511. The molecule has 4 aromatic heterocycles. The zero-order chi connectivity index (χ0) is 22.9. The van der Waals surface area contributed by atoms with Crippen molar-refractivity contribution in [3.8, 4) is 0 Å². The first-order chi connectivity index (χ1) is 15.8. The maximum absolute atomic E-state index is 13.6. The van der Waals surface area contributed by atoms with Crippen LogP contribution in [0, 0.1) is 0 Å². The van der Waals surface area contributed by atoms with Crippen LogP contribution in [0.25, 0.3) is 5.52 Å². The van der Waals surface area contributed by atoms with Gasteiger partial charge in [0.15, 0.2) is 5.82 Å². The molecule has 170 valence electrons. The molecule has 1 aliphatic heterocycles. The Hall–Kier alpha value is -3.70. The van der Waals surface area contributed by atoms with Gasteiger partial charge in [-0.1, -0.05) is 6.07 Å². The molecule has 0 bridgehead atoms. The number of aromatic amines is 1. The number of pyridine rings is 1. The van der Waals surface area contributed by atoms with Gasteiger partial charge in [-0.3, -0.25) is 4.79 Å². The highest BCUT2D eigenvalue weighted by atomic mass is 19.4. The van der Waals surface area contributed by atoms with Gasteiger partial charge in [-0.15, -0.1) is 0 Å². The average molecular weight is 456 g/mol. The highest BCUT2D eigenvalue weighted by molar-refractivity contribution is 5.91. The van der Waals surface area contributed by atoms with Crippen LogP contribution in [-0.2, 0) is 19.6 Å². The third-order valence-electron chi connectivity index (χ3n) is 6.17. The molecule has 1 atom stereocenters. The summed E-state index contributed by atoms with van der Waals surface area (Å²) in [4.78, 5) is 27.1. The Morgan fingerprint density at radius 3 is 2.79 bits per heavy atom. The van der Waals surface area contributed by atoms with Crippen LogP contribution in [0.15, 0.2) is 30.6 Å². The predicted molar refractivity (Wildman–Crippen MR) is 108 cm³/mol. The number of aromatic nitrogens is 7. The van der Waals surface area contributed by atoms with Crippen molar-refractivity contribution in [2.24, 2.45) is 7.05 Å². The maximum Gasteiger partial charge on any atom is 0.433 e. The SMILES string of the molecule is Cn1nc(C2CC2)nc1C(=O)N1CCc2[nH]cnc2[C@@H]1c1cc2cccc(C(F)(F)F)n2n1. The molecule has 0 spiro atoms. The standard InChI is InChI=1S/C21H19F3N8O/c1-30-19(27-18(29-30)11-5-6-11)20(33)31-8-7-13-16(26-10-25-13)17(31)14-9-12-3-2-4-15(21(22,23)24)32(12)28-14/h2-4,9-11,17H,5-8H2,1H3,(H,25,26)/t17-/m0/s1. The van der Waals surface area contributed by atoms with Crippen molar-refractivity contribution >= 4 is 11.4 Å². The van der Waals surface area contributed by atoms with Gasteiger partial charge in [-0.05, 0) is 31.0 Å². The van der Waals surface area contributed by atoms with Crippen molar-refractivity contribution in [1.29, 1.82) is 0 Å². The molecule has 0 saturated heterocycles. The van der Waals surface area contributed by atoms with Crippen LogP contribution in [0.3, 0.4) is 0 Å². The van der Waals surface area contributed by atoms with Gasteiger partial charge < -0.3 is 9.88 Å². The summed E-state index contributed by atoms with van der Waals surface area (Å²) in [6.45, 7) is 0.338. The highest BCUT2D eigenvalue weighted by Gasteiger charge is 2.40. The van der Waals surface area contributed by atoms with Crippen molar-refractivity contribution in [3.63, 3.8) is 0 Å². The third-order valence-corrected chi connectivity index (χ3v) is 6.17. The number of aryl methyl sites for hydroxylation is 1. The smallest absolute Gasteiger partial charge is 0.348 e. The Morgan fingerprint density at radius 1 is 1.21 bits per heavy atom. The monoisotopic (exact) mass is 456 g/mol. The first-order valence-electron chi connectivity index (χ1n) is 10.6. The van der Waals surface area contributed by atoms with E-state index in [1.54, 1.807) is 24.1 Å². The van der Waals surface area contributed by atoms with Crippen LogP contribution in [0.5, 0.6) is 0 Å². The fraction of sp³-hybridized carbons (Fsp3) is 0.381. The number of imidazole rings is 1. The molecule has 4 aromatic rings. The van der Waals surface area contributed by atoms with Crippen molar-refractivity contribution < 1.29 is 18.0 Å². The van der Waals surface area contributed by atoms with E-state index in [1.165, 1.54) is 17.1 Å². The van der Waals surface area contributed by atoms with Gasteiger partial charge in [0.05, 0.1) is 23.2 Å². The molecule has 1 saturated carbocycles. The number of hydrogen-bond acceptors (Lipinski definition) is 5. The summed E-state index contributed by atoms with van der Waals surface area (Å²) in [6.07, 6.45) is -0.505. The minimum Gasteiger partial charge on any atom is -0.348 e. The second-order valence-electron chi connectivity index (χ2n) is 8.42. The fourth-order valence-corrected chi connectivity index (χ4v) is 4.41. The van der Waals surface area contributed by atoms with Crippen molar-refractivity contribution in [3.05, 3.63) is 65.0 Å². The lowest BCUT2D eigenvalue weighted by Gasteiger charge is -2.33. The maximum atomic E-state index is 13.6. The molecule has 0 radical (unpaired) electrons. The number of H-pyrrole nitrogens is 1. The van der Waals surface area contributed by atoms with E-state index in [9.17, 15) is 18.0 Å². The summed E-state index contributed by atoms with van der Waals surface area (Å²) in [5.74, 6) is 0.772. The number of carbonyl (C=O) groups excluding carboxylic acids is 1. The summed E-state index contributed by atoms with van der Waals surface area (Å²) in [6, 6.07) is 4.68. The molecular weight excluding hydrogens is 437 g/mol. The van der Waals surface area contributed by atoms with Crippen LogP contribution in [-0.4, -0.2) is 51.7 Å². The second kappa shape index (κ2) is 6.90. The molecule has 1 fully saturated rings. The summed E-state index contributed by atoms with van der Waals surface area (Å²) in [5, 5.41) is 8.67. The van der Waals surface area contributed by atoms with Gasteiger partial charge >= 0.3 is 6.18 Å². The Balaban J connectivity index is 1.46. The molecule has 1 amide bonds. The van der Waals surface area contributed by atoms with E-state index in [1.807, 2.05) is 0 Å². The lowest BCUT2D eigenvalue weighted by Crippen LogP contribution is -2.42. The number of amides is 1. The largest absolute Gasteiger partial charge is 0.433 e. The number of rotatable bonds is 3. The molecule has 0 unspecified atom stereocenters. The van der Waals surface area contributed by atoms with Gasteiger partial charge in [0.2, 0.25) is 5.82 Å². The van der Waals surface area contributed by atoms with Crippen LogP contribution in [0.2, 0.25) is 0 Å². The summed E-state index contributed by atoms with van der Waals surface area (Å²) >= 11 is 0. The van der Waals surface area contributed by atoms with E-state index in [4.69, 9.17) is 0 Å². The summed E-state index contributed by atoms with van der Waals surface area (Å²) < 4.78 is 43.0. The van der Waals surface area contributed by atoms with Crippen molar-refractivity contribution in [2.45, 2.75) is 37.4 Å². The third kappa shape index (κ3) is 3.19. The molecule has 1 N–H and O–H groups in total. The van der Waals surface area contributed by atoms with Gasteiger partial charge in [0.25, 0.3) is 5.91 Å². The highest BCUT2D eigenvalue weighted by Crippen LogP contribution is 2.39. The molecule has 5 heterocycles. The lowest BCUT2D eigenvalue weighted by atomic mass is 9.99. The number of halogens is 3. The molecule has 9 nitrogen and oxygen atoms in total. The number of nitrogens with zero attached hydrogens (tertiary/aromatic N) is 7. The first-order valence-corrected chi connectivity index (χ1v) is 10.6. The van der Waals surface area contributed by atoms with Gasteiger partial charge in [0.1, 0.15) is 11.7 Å². The molecule has 1 aliphatic carbocycles. The summed E-state index contributed by atoms with van der Waals surface area (Å²) in [5.41, 5.74) is 1.09. The van der Waals surface area contributed by atoms with E-state index in [2.05, 4.69) is 25.1 Å². The van der Waals surface area contributed by atoms with Crippen LogP contribution < -0.4 is 0 Å². The second-order valence-corrected chi connectivity index (χ2v) is 8.42. The Kier molecular flexibility index (Phi) is 4.17. The summed E-state index contributed by atoms with van der Waals surface area (Å²) in [7, 11) is 1.67. The van der Waals surface area contributed by atoms with Crippen molar-refractivity contribution in [2.75, 3.05) is 6.54 Å². The van der Waals surface area contributed by atoms with Gasteiger partial charge in [-0.2, -0.15) is 23.4 Å². The van der Waals surface area contributed by atoms with E-state index >= 15 is 0 Å². The number of hydrogen-bond donors (Lipinski definition) is 1.